The van der Waals surface area contributed by atoms with Crippen LogP contribution >= 0.6 is 24.0 Å². The third-order valence-electron chi connectivity index (χ3n) is 5.09. The minimum absolute atomic E-state index is 0. The van der Waals surface area contributed by atoms with E-state index in [9.17, 15) is 13.2 Å². The second-order valence-corrected chi connectivity index (χ2v) is 9.65. The number of rotatable bonds is 5. The highest BCUT2D eigenvalue weighted by atomic mass is 127. The van der Waals surface area contributed by atoms with E-state index in [1.807, 2.05) is 18.2 Å². The summed E-state index contributed by atoms with van der Waals surface area (Å²) in [7, 11) is -2.90. The molecule has 0 radical (unpaired) electrons. The van der Waals surface area contributed by atoms with Gasteiger partial charge in [-0.25, -0.2) is 8.42 Å². The molecule has 2 fully saturated rings. The molecule has 0 bridgehead atoms. The highest BCUT2D eigenvalue weighted by Gasteiger charge is 2.28. The average molecular weight is 520 g/mol. The van der Waals surface area contributed by atoms with Crippen molar-refractivity contribution in [1.82, 2.24) is 16.0 Å². The van der Waals surface area contributed by atoms with Gasteiger partial charge in [-0.05, 0) is 31.2 Å². The zero-order valence-electron chi connectivity index (χ0n) is 16.1. The second kappa shape index (κ2) is 10.4. The number of benzene rings is 1. The van der Waals surface area contributed by atoms with Crippen molar-refractivity contribution < 1.29 is 13.2 Å². The Balaban J connectivity index is 0.00000280. The fraction of sp³-hybridized carbons (Fsp3) is 0.579. The molecule has 0 saturated carbocycles. The predicted molar refractivity (Wildman–Crippen MR) is 122 cm³/mol. The zero-order chi connectivity index (χ0) is 19.3. The monoisotopic (exact) mass is 520 g/mol. The number of guanidine groups is 1. The molecule has 3 atom stereocenters. The first-order valence-corrected chi connectivity index (χ1v) is 11.3. The van der Waals surface area contributed by atoms with Crippen LogP contribution in [0.5, 0.6) is 0 Å². The minimum Gasteiger partial charge on any atom is -0.354 e. The molecule has 0 spiro atoms. The van der Waals surface area contributed by atoms with Crippen LogP contribution in [0.1, 0.15) is 37.8 Å². The number of carbonyl (C=O) groups excluding carboxylic acids is 1. The Morgan fingerprint density at radius 2 is 2.04 bits per heavy atom. The van der Waals surface area contributed by atoms with Gasteiger partial charge in [-0.15, -0.1) is 24.0 Å². The number of nitrogens with zero attached hydrogens (tertiary/aromatic N) is 1. The topological polar surface area (TPSA) is 99.7 Å². The first kappa shape index (κ1) is 22.9. The van der Waals surface area contributed by atoms with Crippen LogP contribution < -0.4 is 16.0 Å². The fourth-order valence-corrected chi connectivity index (χ4v) is 5.30. The van der Waals surface area contributed by atoms with Crippen LogP contribution in [-0.4, -0.2) is 50.9 Å². The van der Waals surface area contributed by atoms with Crippen molar-refractivity contribution in [2.75, 3.05) is 24.6 Å². The molecular formula is C19H29IN4O3S. The van der Waals surface area contributed by atoms with Crippen molar-refractivity contribution in [2.24, 2.45) is 10.9 Å². The largest absolute Gasteiger partial charge is 0.354 e. The molecule has 1 aromatic rings. The number of carbonyl (C=O) groups is 1. The van der Waals surface area contributed by atoms with Gasteiger partial charge in [-0.3, -0.25) is 9.79 Å². The Labute approximate surface area is 184 Å². The fourth-order valence-electron chi connectivity index (χ4n) is 3.45. The molecule has 2 saturated heterocycles. The molecule has 7 nitrogen and oxygen atoms in total. The van der Waals surface area contributed by atoms with Gasteiger partial charge >= 0.3 is 0 Å². The third kappa shape index (κ3) is 6.91. The molecule has 0 aromatic heterocycles. The van der Waals surface area contributed by atoms with Crippen LogP contribution in [0.15, 0.2) is 35.3 Å². The molecule has 3 unspecified atom stereocenters. The molecule has 0 aliphatic carbocycles. The minimum atomic E-state index is -2.90. The van der Waals surface area contributed by atoms with Crippen molar-refractivity contribution >= 4 is 45.7 Å². The molecule has 156 valence electrons. The van der Waals surface area contributed by atoms with E-state index in [4.69, 9.17) is 0 Å². The summed E-state index contributed by atoms with van der Waals surface area (Å²) in [5.41, 5.74) is 1.15. The van der Waals surface area contributed by atoms with Crippen LogP contribution in [0.25, 0.3) is 0 Å². The first-order valence-electron chi connectivity index (χ1n) is 9.51. The number of nitrogens with one attached hydrogen (secondary N) is 3. The zero-order valence-corrected chi connectivity index (χ0v) is 19.2. The number of piperidine rings is 1. The van der Waals surface area contributed by atoms with Crippen LogP contribution in [0.3, 0.4) is 0 Å². The predicted octanol–water partition coefficient (Wildman–Crippen LogP) is 1.61. The Bertz CT molecular complexity index is 776. The molecule has 3 N–H and O–H groups in total. The second-order valence-electron chi connectivity index (χ2n) is 7.42. The van der Waals surface area contributed by atoms with Gasteiger partial charge in [0.2, 0.25) is 5.91 Å². The number of sulfone groups is 1. The Morgan fingerprint density at radius 3 is 2.64 bits per heavy atom. The van der Waals surface area contributed by atoms with Crippen LogP contribution in [0.4, 0.5) is 0 Å². The van der Waals surface area contributed by atoms with Gasteiger partial charge in [-0.2, -0.15) is 0 Å². The van der Waals surface area contributed by atoms with Gasteiger partial charge in [0, 0.05) is 25.6 Å². The van der Waals surface area contributed by atoms with Crippen LogP contribution in [0, 0.1) is 5.92 Å². The van der Waals surface area contributed by atoms with E-state index in [0.29, 0.717) is 31.9 Å². The van der Waals surface area contributed by atoms with Crippen molar-refractivity contribution in [3.63, 3.8) is 0 Å². The highest BCUT2D eigenvalue weighted by Crippen LogP contribution is 2.18. The van der Waals surface area contributed by atoms with Gasteiger partial charge < -0.3 is 16.0 Å². The summed E-state index contributed by atoms with van der Waals surface area (Å²) in [5.74, 6) is 1.30. The lowest BCUT2D eigenvalue weighted by atomic mass is 10.1. The highest BCUT2D eigenvalue weighted by molar-refractivity contribution is 14.0. The van der Waals surface area contributed by atoms with Crippen molar-refractivity contribution in [3.05, 3.63) is 35.9 Å². The van der Waals surface area contributed by atoms with E-state index in [0.717, 1.165) is 12.0 Å². The summed E-state index contributed by atoms with van der Waals surface area (Å²) in [6.07, 6.45) is 1.93. The molecule has 3 rings (SSSR count). The summed E-state index contributed by atoms with van der Waals surface area (Å²) in [6.45, 7) is 3.11. The summed E-state index contributed by atoms with van der Waals surface area (Å²) < 4.78 is 23.4. The quantitative estimate of drug-likeness (QED) is 0.312. The number of halogens is 1. The Hall–Kier alpha value is -1.36. The van der Waals surface area contributed by atoms with E-state index in [1.54, 1.807) is 0 Å². The molecule has 1 amide bonds. The summed E-state index contributed by atoms with van der Waals surface area (Å²) in [6, 6.07) is 10.3. The van der Waals surface area contributed by atoms with Gasteiger partial charge in [-0.1, -0.05) is 30.3 Å². The van der Waals surface area contributed by atoms with Crippen LogP contribution in [0.2, 0.25) is 0 Å². The van der Waals surface area contributed by atoms with E-state index in [1.165, 1.54) is 0 Å². The lowest BCUT2D eigenvalue weighted by molar-refractivity contribution is -0.122. The lowest BCUT2D eigenvalue weighted by Crippen LogP contribution is -2.51. The normalized spacial score (nSPS) is 25.3. The van der Waals surface area contributed by atoms with Crippen molar-refractivity contribution in [1.29, 1.82) is 0 Å². The summed E-state index contributed by atoms with van der Waals surface area (Å²) >= 11 is 0. The van der Waals surface area contributed by atoms with Gasteiger partial charge in [0.15, 0.2) is 15.8 Å². The maximum atomic E-state index is 11.7. The number of hydrogen-bond acceptors (Lipinski definition) is 4. The van der Waals surface area contributed by atoms with Gasteiger partial charge in [0.25, 0.3) is 0 Å². The molecule has 28 heavy (non-hydrogen) atoms. The van der Waals surface area contributed by atoms with E-state index < -0.39 is 9.84 Å². The van der Waals surface area contributed by atoms with E-state index >= 15 is 0 Å². The average Bonchev–Trinajstić information content (AvgIpc) is 3.01. The number of aliphatic imine (C=N–C) groups is 1. The van der Waals surface area contributed by atoms with E-state index in [-0.39, 0.29) is 59.4 Å². The maximum absolute atomic E-state index is 11.7. The van der Waals surface area contributed by atoms with Gasteiger partial charge in [0.1, 0.15) is 0 Å². The lowest BCUT2D eigenvalue weighted by Gasteiger charge is -2.27. The first-order chi connectivity index (χ1) is 12.9. The van der Waals surface area contributed by atoms with Gasteiger partial charge in [0.05, 0.1) is 17.5 Å². The number of amides is 1. The molecular weight excluding hydrogens is 491 g/mol. The molecule has 1 aromatic carbocycles. The van der Waals surface area contributed by atoms with Crippen molar-refractivity contribution in [2.45, 2.75) is 38.3 Å². The molecule has 9 heteroatoms. The molecule has 2 aliphatic heterocycles. The number of hydrogen-bond donors (Lipinski definition) is 3. The SMILES string of the molecule is CC(NC(=NCC1CCS(=O)(=O)C1)NC1CCC(=O)NC1)c1ccccc1.I. The summed E-state index contributed by atoms with van der Waals surface area (Å²) in [5, 5.41) is 9.68. The molecule has 2 aliphatic rings. The molecule has 2 heterocycles. The van der Waals surface area contributed by atoms with Crippen molar-refractivity contribution in [3.8, 4) is 0 Å². The standard InChI is InChI=1S/C19H28N4O3S.HI/c1-14(16-5-3-2-4-6-16)22-19(23-17-7-8-18(24)20-12-17)21-11-15-9-10-27(25,26)13-15;/h2-6,14-15,17H,7-13H2,1H3,(H,20,24)(H2,21,22,23);1H. The smallest absolute Gasteiger partial charge is 0.220 e. The maximum Gasteiger partial charge on any atom is 0.220 e. The Kier molecular flexibility index (Phi) is 8.54. The van der Waals surface area contributed by atoms with E-state index in [2.05, 4.69) is 40.0 Å². The summed E-state index contributed by atoms with van der Waals surface area (Å²) in [4.78, 5) is 16.0. The van der Waals surface area contributed by atoms with Crippen LogP contribution in [-0.2, 0) is 14.6 Å². The third-order valence-corrected chi connectivity index (χ3v) is 6.93. The Morgan fingerprint density at radius 1 is 1.29 bits per heavy atom.